The highest BCUT2D eigenvalue weighted by Gasteiger charge is 2.55. The van der Waals surface area contributed by atoms with Crippen molar-refractivity contribution >= 4 is 5.78 Å². The van der Waals surface area contributed by atoms with Crippen LogP contribution in [0.25, 0.3) is 0 Å². The summed E-state index contributed by atoms with van der Waals surface area (Å²) in [5, 5.41) is 0. The summed E-state index contributed by atoms with van der Waals surface area (Å²) < 4.78 is 11.0. The molecule has 0 spiro atoms. The first-order valence-corrected chi connectivity index (χ1v) is 7.07. The molecule has 0 heterocycles. The van der Waals surface area contributed by atoms with E-state index in [-0.39, 0.29) is 16.9 Å². The average Bonchev–Trinajstić information content (AvgIpc) is 2.33. The number of rotatable bonds is 3. The van der Waals surface area contributed by atoms with Crippen LogP contribution in [0.15, 0.2) is 0 Å². The van der Waals surface area contributed by atoms with Crippen LogP contribution in [0.2, 0.25) is 0 Å². The molecule has 2 aliphatic rings. The van der Waals surface area contributed by atoms with E-state index in [1.807, 2.05) is 0 Å². The van der Waals surface area contributed by atoms with Gasteiger partial charge in [0.05, 0.1) is 6.10 Å². The van der Waals surface area contributed by atoms with Crippen molar-refractivity contribution in [3.63, 3.8) is 0 Å². The Morgan fingerprint density at radius 3 is 2.67 bits per heavy atom. The largest absolute Gasteiger partial charge is 0.359 e. The van der Waals surface area contributed by atoms with Gasteiger partial charge in [-0.15, -0.1) is 0 Å². The standard InChI is InChI=1S/C15H26O3/c1-14(2)11-6-5-7-13(18-10-17-4)15(11,3)9-8-12(14)16/h11,13H,5-10H2,1-4H3/t11-,13-,15-/m0/s1. The maximum atomic E-state index is 12.2. The predicted octanol–water partition coefficient (Wildman–Crippen LogP) is 3.17. The third-order valence-electron chi connectivity index (χ3n) is 5.36. The molecule has 0 aromatic carbocycles. The zero-order chi connectivity index (χ0) is 13.4. The van der Waals surface area contributed by atoms with E-state index in [1.54, 1.807) is 7.11 Å². The Hall–Kier alpha value is -0.410. The van der Waals surface area contributed by atoms with Gasteiger partial charge in [0.1, 0.15) is 12.6 Å². The molecular weight excluding hydrogens is 228 g/mol. The lowest BCUT2D eigenvalue weighted by Gasteiger charge is -2.55. The van der Waals surface area contributed by atoms with Crippen molar-refractivity contribution in [2.45, 2.75) is 59.0 Å². The predicted molar refractivity (Wildman–Crippen MR) is 70.2 cm³/mol. The van der Waals surface area contributed by atoms with E-state index in [4.69, 9.17) is 9.47 Å². The summed E-state index contributed by atoms with van der Waals surface area (Å²) in [6.07, 6.45) is 5.32. The van der Waals surface area contributed by atoms with E-state index >= 15 is 0 Å². The molecule has 2 aliphatic carbocycles. The zero-order valence-electron chi connectivity index (χ0n) is 12.1. The number of Topliss-reactive ketones (excluding diaryl/α,β-unsaturated/α-hetero) is 1. The number of carbonyl (C=O) groups is 1. The fourth-order valence-corrected chi connectivity index (χ4v) is 4.23. The fourth-order valence-electron chi connectivity index (χ4n) is 4.23. The topological polar surface area (TPSA) is 35.5 Å². The molecule has 104 valence electrons. The number of hydrogen-bond donors (Lipinski definition) is 0. The van der Waals surface area contributed by atoms with E-state index in [2.05, 4.69) is 20.8 Å². The fraction of sp³-hybridized carbons (Fsp3) is 0.933. The summed E-state index contributed by atoms with van der Waals surface area (Å²) in [6.45, 7) is 6.92. The highest BCUT2D eigenvalue weighted by molar-refractivity contribution is 5.85. The molecule has 2 rings (SSSR count). The summed E-state index contributed by atoms with van der Waals surface area (Å²) in [6, 6.07) is 0. The van der Waals surface area contributed by atoms with Crippen LogP contribution < -0.4 is 0 Å². The summed E-state index contributed by atoms with van der Waals surface area (Å²) in [7, 11) is 1.66. The Balaban J connectivity index is 2.22. The van der Waals surface area contributed by atoms with Gasteiger partial charge in [-0.05, 0) is 30.6 Å². The maximum absolute atomic E-state index is 12.2. The highest BCUT2D eigenvalue weighted by Crippen LogP contribution is 2.56. The van der Waals surface area contributed by atoms with Gasteiger partial charge in [-0.1, -0.05) is 27.2 Å². The second kappa shape index (κ2) is 4.93. The van der Waals surface area contributed by atoms with Crippen molar-refractivity contribution in [3.05, 3.63) is 0 Å². The highest BCUT2D eigenvalue weighted by atomic mass is 16.7. The van der Waals surface area contributed by atoms with Gasteiger partial charge in [-0.2, -0.15) is 0 Å². The van der Waals surface area contributed by atoms with Gasteiger partial charge in [0.2, 0.25) is 0 Å². The van der Waals surface area contributed by atoms with Crippen molar-refractivity contribution in [2.24, 2.45) is 16.7 Å². The van der Waals surface area contributed by atoms with Gasteiger partial charge in [0, 0.05) is 18.9 Å². The van der Waals surface area contributed by atoms with Gasteiger partial charge < -0.3 is 9.47 Å². The van der Waals surface area contributed by atoms with Crippen LogP contribution in [0.1, 0.15) is 52.9 Å². The maximum Gasteiger partial charge on any atom is 0.146 e. The van der Waals surface area contributed by atoms with Crippen molar-refractivity contribution in [2.75, 3.05) is 13.9 Å². The van der Waals surface area contributed by atoms with Gasteiger partial charge >= 0.3 is 0 Å². The molecule has 2 saturated carbocycles. The number of methoxy groups -OCH3 is 1. The lowest BCUT2D eigenvalue weighted by atomic mass is 9.50. The Morgan fingerprint density at radius 2 is 2.00 bits per heavy atom. The number of hydrogen-bond acceptors (Lipinski definition) is 3. The SMILES string of the molecule is COCO[C@H]1CCC[C@H]2C(C)(C)C(=O)CC[C@]12C. The lowest BCUT2D eigenvalue weighted by Crippen LogP contribution is -2.55. The zero-order valence-corrected chi connectivity index (χ0v) is 12.1. The Kier molecular flexibility index (Phi) is 3.84. The minimum absolute atomic E-state index is 0.133. The molecule has 18 heavy (non-hydrogen) atoms. The third-order valence-corrected chi connectivity index (χ3v) is 5.36. The van der Waals surface area contributed by atoms with Gasteiger partial charge in [-0.3, -0.25) is 4.79 Å². The molecule has 0 N–H and O–H groups in total. The first kappa shape index (κ1) is 14.0. The minimum Gasteiger partial charge on any atom is -0.359 e. The molecule has 0 radical (unpaired) electrons. The number of ether oxygens (including phenoxy) is 2. The van der Waals surface area contributed by atoms with E-state index in [0.29, 0.717) is 24.9 Å². The number of fused-ring (bicyclic) bond motifs is 1. The molecule has 2 fully saturated rings. The molecule has 3 nitrogen and oxygen atoms in total. The van der Waals surface area contributed by atoms with Crippen LogP contribution in [0.3, 0.4) is 0 Å². The smallest absolute Gasteiger partial charge is 0.146 e. The first-order valence-electron chi connectivity index (χ1n) is 7.07. The van der Waals surface area contributed by atoms with Crippen molar-refractivity contribution in [3.8, 4) is 0 Å². The van der Waals surface area contributed by atoms with Gasteiger partial charge in [0.15, 0.2) is 0 Å². The van der Waals surface area contributed by atoms with Gasteiger partial charge in [-0.25, -0.2) is 0 Å². The van der Waals surface area contributed by atoms with Crippen LogP contribution in [-0.2, 0) is 14.3 Å². The molecule has 0 amide bonds. The minimum atomic E-state index is -0.192. The second-order valence-corrected chi connectivity index (χ2v) is 6.70. The average molecular weight is 254 g/mol. The Bertz CT molecular complexity index is 324. The second-order valence-electron chi connectivity index (χ2n) is 6.70. The van der Waals surface area contributed by atoms with Gasteiger partial charge in [0.25, 0.3) is 0 Å². The lowest BCUT2D eigenvalue weighted by molar-refractivity contribution is -0.181. The van der Waals surface area contributed by atoms with Crippen LogP contribution >= 0.6 is 0 Å². The molecule has 0 saturated heterocycles. The van der Waals surface area contributed by atoms with Crippen molar-refractivity contribution in [1.82, 2.24) is 0 Å². The molecule has 0 aromatic heterocycles. The normalized spacial score (nSPS) is 39.4. The molecule has 3 heteroatoms. The van der Waals surface area contributed by atoms with Crippen LogP contribution in [0.5, 0.6) is 0 Å². The molecule has 0 aromatic rings. The third kappa shape index (κ3) is 2.12. The number of ketones is 1. The molecule has 3 atom stereocenters. The van der Waals surface area contributed by atoms with Crippen molar-refractivity contribution < 1.29 is 14.3 Å². The molecule has 0 bridgehead atoms. The number of carbonyl (C=O) groups excluding carboxylic acids is 1. The van der Waals surface area contributed by atoms with Crippen LogP contribution in [0.4, 0.5) is 0 Å². The molecule has 0 unspecified atom stereocenters. The first-order chi connectivity index (χ1) is 8.43. The quantitative estimate of drug-likeness (QED) is 0.726. The van der Waals surface area contributed by atoms with E-state index in [0.717, 1.165) is 25.7 Å². The van der Waals surface area contributed by atoms with Crippen molar-refractivity contribution in [1.29, 1.82) is 0 Å². The van der Waals surface area contributed by atoms with E-state index < -0.39 is 0 Å². The van der Waals surface area contributed by atoms with Crippen LogP contribution in [0, 0.1) is 16.7 Å². The monoisotopic (exact) mass is 254 g/mol. The Morgan fingerprint density at radius 1 is 1.28 bits per heavy atom. The Labute approximate surface area is 110 Å². The summed E-state index contributed by atoms with van der Waals surface area (Å²) in [5.41, 5.74) is -0.0592. The molecular formula is C15H26O3. The summed E-state index contributed by atoms with van der Waals surface area (Å²) >= 11 is 0. The van der Waals surface area contributed by atoms with Crippen LogP contribution in [-0.4, -0.2) is 25.8 Å². The molecule has 0 aliphatic heterocycles. The summed E-state index contributed by atoms with van der Waals surface area (Å²) in [5.74, 6) is 0.874. The van der Waals surface area contributed by atoms with E-state index in [1.165, 1.54) is 0 Å². The summed E-state index contributed by atoms with van der Waals surface area (Å²) in [4.78, 5) is 12.2. The van der Waals surface area contributed by atoms with E-state index in [9.17, 15) is 4.79 Å².